The Labute approximate surface area is 167 Å². The van der Waals surface area contributed by atoms with Gasteiger partial charge in [0, 0.05) is 18.1 Å². The van der Waals surface area contributed by atoms with Gasteiger partial charge in [-0.05, 0) is 53.4 Å². The summed E-state index contributed by atoms with van der Waals surface area (Å²) in [6.07, 6.45) is 3.55. The highest BCUT2D eigenvalue weighted by Gasteiger charge is 2.14. The number of nitrogens with one attached hydrogen (secondary N) is 1. The monoisotopic (exact) mass is 380 g/mol. The third-order valence-corrected chi connectivity index (χ3v) is 5.55. The maximum Gasteiger partial charge on any atom is 0.265 e. The van der Waals surface area contributed by atoms with Gasteiger partial charge in [0.25, 0.3) is 5.56 Å². The average molecular weight is 380 g/mol. The van der Waals surface area contributed by atoms with Gasteiger partial charge in [-0.1, -0.05) is 36.4 Å². The summed E-state index contributed by atoms with van der Waals surface area (Å²) in [4.78, 5) is 20.9. The molecule has 5 heteroatoms. The number of H-pyrrole nitrogens is 1. The lowest BCUT2D eigenvalue weighted by Gasteiger charge is -2.15. The summed E-state index contributed by atoms with van der Waals surface area (Å²) in [6.45, 7) is 2.52. The zero-order chi connectivity index (χ0) is 20.0. The fourth-order valence-corrected chi connectivity index (χ4v) is 4.04. The lowest BCUT2D eigenvalue weighted by molar-refractivity contribution is 0.953. The van der Waals surface area contributed by atoms with Gasteiger partial charge in [-0.3, -0.25) is 9.36 Å². The van der Waals surface area contributed by atoms with Crippen molar-refractivity contribution in [1.29, 1.82) is 0 Å². The molecule has 0 saturated carbocycles. The molecule has 142 valence electrons. The second kappa shape index (κ2) is 6.72. The summed E-state index contributed by atoms with van der Waals surface area (Å²) in [7, 11) is 0. The molecule has 3 N–H and O–H groups in total. The fourth-order valence-electron chi connectivity index (χ4n) is 4.04. The van der Waals surface area contributed by atoms with E-state index in [1.165, 1.54) is 0 Å². The minimum Gasteiger partial charge on any atom is -0.361 e. The lowest BCUT2D eigenvalue weighted by atomic mass is 9.95. The van der Waals surface area contributed by atoms with Crippen molar-refractivity contribution >= 4 is 21.8 Å². The van der Waals surface area contributed by atoms with Crippen LogP contribution in [0.15, 0.2) is 78.0 Å². The number of hydrogen-bond donors (Lipinski definition) is 2. The molecular weight excluding hydrogens is 360 g/mol. The van der Waals surface area contributed by atoms with Crippen molar-refractivity contribution < 1.29 is 0 Å². The molecule has 5 nitrogen and oxygen atoms in total. The normalized spacial score (nSPS) is 11.4. The van der Waals surface area contributed by atoms with Crippen molar-refractivity contribution in [3.63, 3.8) is 0 Å². The van der Waals surface area contributed by atoms with E-state index in [4.69, 9.17) is 5.73 Å². The average Bonchev–Trinajstić information content (AvgIpc) is 3.24. The summed E-state index contributed by atoms with van der Waals surface area (Å²) < 4.78 is 1.63. The topological polar surface area (TPSA) is 76.7 Å². The van der Waals surface area contributed by atoms with E-state index in [1.54, 1.807) is 10.9 Å². The number of para-hydroxylation sites is 1. The van der Waals surface area contributed by atoms with E-state index in [0.717, 1.165) is 38.8 Å². The van der Waals surface area contributed by atoms with Crippen LogP contribution in [0.4, 0.5) is 0 Å². The number of benzene rings is 3. The lowest BCUT2D eigenvalue weighted by Crippen LogP contribution is -2.19. The molecule has 29 heavy (non-hydrogen) atoms. The van der Waals surface area contributed by atoms with Crippen LogP contribution in [-0.4, -0.2) is 14.5 Å². The van der Waals surface area contributed by atoms with Crippen LogP contribution >= 0.6 is 0 Å². The van der Waals surface area contributed by atoms with Gasteiger partial charge in [-0.2, -0.15) is 0 Å². The van der Waals surface area contributed by atoms with Gasteiger partial charge in [0.15, 0.2) is 0 Å². The van der Waals surface area contributed by atoms with Crippen molar-refractivity contribution in [1.82, 2.24) is 14.5 Å². The Morgan fingerprint density at radius 1 is 0.966 bits per heavy atom. The molecule has 0 radical (unpaired) electrons. The SMILES string of the molecule is Cc1c(-c2ccc(CN)c3[nH]ccc23)cccc1-n1cnc2ccccc2c1=O. The van der Waals surface area contributed by atoms with Crippen molar-refractivity contribution in [3.8, 4) is 16.8 Å². The molecular formula is C24H20N4O. The zero-order valence-corrected chi connectivity index (χ0v) is 16.0. The van der Waals surface area contributed by atoms with Gasteiger partial charge < -0.3 is 10.7 Å². The Morgan fingerprint density at radius 3 is 2.69 bits per heavy atom. The van der Waals surface area contributed by atoms with Gasteiger partial charge in [-0.15, -0.1) is 0 Å². The molecule has 2 heterocycles. The Kier molecular flexibility index (Phi) is 4.03. The Balaban J connectivity index is 1.75. The van der Waals surface area contributed by atoms with Crippen LogP contribution in [-0.2, 0) is 6.54 Å². The van der Waals surface area contributed by atoms with E-state index in [2.05, 4.69) is 34.2 Å². The van der Waals surface area contributed by atoms with E-state index < -0.39 is 0 Å². The Hall–Kier alpha value is -3.70. The smallest absolute Gasteiger partial charge is 0.265 e. The zero-order valence-electron chi connectivity index (χ0n) is 16.0. The number of rotatable bonds is 3. The van der Waals surface area contributed by atoms with Crippen molar-refractivity contribution in [3.05, 3.63) is 94.7 Å². The first-order valence-corrected chi connectivity index (χ1v) is 9.55. The molecule has 0 spiro atoms. The predicted molar refractivity (Wildman–Crippen MR) is 117 cm³/mol. The van der Waals surface area contributed by atoms with E-state index in [-0.39, 0.29) is 5.56 Å². The third-order valence-electron chi connectivity index (χ3n) is 5.55. The molecule has 0 atom stereocenters. The van der Waals surface area contributed by atoms with E-state index >= 15 is 0 Å². The largest absolute Gasteiger partial charge is 0.361 e. The summed E-state index contributed by atoms with van der Waals surface area (Å²) in [5.74, 6) is 0. The second-order valence-electron chi connectivity index (χ2n) is 7.13. The molecule has 0 bridgehead atoms. The molecule has 5 rings (SSSR count). The predicted octanol–water partition coefficient (Wildman–Crippen LogP) is 4.30. The van der Waals surface area contributed by atoms with Gasteiger partial charge in [0.2, 0.25) is 0 Å². The first kappa shape index (κ1) is 17.4. The van der Waals surface area contributed by atoms with Gasteiger partial charge in [0.1, 0.15) is 6.33 Å². The molecule has 3 aromatic carbocycles. The highest BCUT2D eigenvalue weighted by atomic mass is 16.1. The Bertz CT molecular complexity index is 1430. The fraction of sp³-hybridized carbons (Fsp3) is 0.0833. The standard InChI is InChI=1S/C24H20N4O/c1-15-17(18-10-9-16(13-25)23-19(18)11-12-26-23)6-4-8-22(15)28-14-27-21-7-3-2-5-20(21)24(28)29/h2-12,14,26H,13,25H2,1H3. The molecule has 2 aromatic heterocycles. The Morgan fingerprint density at radius 2 is 1.83 bits per heavy atom. The number of nitrogens with two attached hydrogens (primary N) is 1. The highest BCUT2D eigenvalue weighted by molar-refractivity contribution is 5.98. The van der Waals surface area contributed by atoms with Crippen LogP contribution in [0.5, 0.6) is 0 Å². The maximum atomic E-state index is 13.1. The van der Waals surface area contributed by atoms with E-state index in [9.17, 15) is 4.79 Å². The summed E-state index contributed by atoms with van der Waals surface area (Å²) in [5.41, 5.74) is 12.7. The van der Waals surface area contributed by atoms with Crippen molar-refractivity contribution in [2.75, 3.05) is 0 Å². The summed E-state index contributed by atoms with van der Waals surface area (Å²) in [5, 5.41) is 1.73. The molecule has 5 aromatic rings. The number of hydrogen-bond acceptors (Lipinski definition) is 3. The molecule has 0 amide bonds. The number of aromatic amines is 1. The van der Waals surface area contributed by atoms with Crippen molar-refractivity contribution in [2.24, 2.45) is 5.73 Å². The van der Waals surface area contributed by atoms with Gasteiger partial charge in [-0.25, -0.2) is 4.98 Å². The highest BCUT2D eigenvalue weighted by Crippen LogP contribution is 2.34. The van der Waals surface area contributed by atoms with Crippen LogP contribution in [0.1, 0.15) is 11.1 Å². The van der Waals surface area contributed by atoms with E-state index in [1.807, 2.05) is 49.5 Å². The van der Waals surface area contributed by atoms with Gasteiger partial charge >= 0.3 is 0 Å². The molecule has 0 fully saturated rings. The van der Waals surface area contributed by atoms with Crippen LogP contribution in [0.2, 0.25) is 0 Å². The van der Waals surface area contributed by atoms with E-state index in [0.29, 0.717) is 17.4 Å². The molecule has 0 aliphatic rings. The number of aromatic nitrogens is 3. The van der Waals surface area contributed by atoms with Crippen LogP contribution in [0.25, 0.3) is 38.6 Å². The maximum absolute atomic E-state index is 13.1. The first-order valence-electron chi connectivity index (χ1n) is 9.55. The number of fused-ring (bicyclic) bond motifs is 2. The van der Waals surface area contributed by atoms with Crippen LogP contribution in [0, 0.1) is 6.92 Å². The van der Waals surface area contributed by atoms with Gasteiger partial charge in [0.05, 0.1) is 22.1 Å². The van der Waals surface area contributed by atoms with Crippen LogP contribution in [0.3, 0.4) is 0 Å². The summed E-state index contributed by atoms with van der Waals surface area (Å²) >= 11 is 0. The third kappa shape index (κ3) is 2.67. The van der Waals surface area contributed by atoms with Crippen molar-refractivity contribution in [2.45, 2.75) is 13.5 Å². The molecule has 0 saturated heterocycles. The quantitative estimate of drug-likeness (QED) is 0.490. The van der Waals surface area contributed by atoms with Crippen LogP contribution < -0.4 is 11.3 Å². The first-order chi connectivity index (χ1) is 14.2. The molecule has 0 unspecified atom stereocenters. The number of nitrogens with zero attached hydrogens (tertiary/aromatic N) is 2. The minimum atomic E-state index is -0.0684. The molecule has 0 aliphatic heterocycles. The second-order valence-corrected chi connectivity index (χ2v) is 7.13. The minimum absolute atomic E-state index is 0.0684. The molecule has 0 aliphatic carbocycles. The summed E-state index contributed by atoms with van der Waals surface area (Å²) in [6, 6.07) is 19.7.